The second-order valence-corrected chi connectivity index (χ2v) is 7.96. The Bertz CT molecular complexity index is 1150. The summed E-state index contributed by atoms with van der Waals surface area (Å²) in [6, 6.07) is 8.07. The molecule has 0 saturated carbocycles. The molecule has 1 N–H and O–H groups in total. The predicted octanol–water partition coefficient (Wildman–Crippen LogP) is 5.32. The van der Waals surface area contributed by atoms with Crippen LogP contribution in [-0.4, -0.2) is 29.3 Å². The van der Waals surface area contributed by atoms with Crippen molar-refractivity contribution in [2.24, 2.45) is 0 Å². The number of carbonyl (C=O) groups is 3. The van der Waals surface area contributed by atoms with Gasteiger partial charge >= 0.3 is 5.97 Å². The minimum atomic E-state index is -0.726. The van der Waals surface area contributed by atoms with Crippen molar-refractivity contribution in [3.63, 3.8) is 0 Å². The van der Waals surface area contributed by atoms with Gasteiger partial charge in [0.05, 0.1) is 18.4 Å². The molecule has 2 aromatic heterocycles. The van der Waals surface area contributed by atoms with Crippen molar-refractivity contribution in [3.8, 4) is 11.3 Å². The first-order valence-electron chi connectivity index (χ1n) is 10.9. The van der Waals surface area contributed by atoms with Gasteiger partial charge in [0, 0.05) is 18.4 Å². The molecule has 8 heteroatoms. The highest BCUT2D eigenvalue weighted by molar-refractivity contribution is 6.10. The molecule has 0 radical (unpaired) electrons. The van der Waals surface area contributed by atoms with Crippen LogP contribution >= 0.6 is 0 Å². The number of furan rings is 1. The number of rotatable bonds is 9. The molecule has 0 fully saturated rings. The molecule has 0 spiro atoms. The Balaban J connectivity index is 1.67. The van der Waals surface area contributed by atoms with E-state index in [2.05, 4.69) is 36.3 Å². The standard InChI is InChI=1S/C25H28N2O6/c1-6-31-25(30)23-22(15(4)28)16(5)32-24(23)27-20(29)11-12-21-26-13-19(33-21)18-9-7-17(8-10-18)14(2)3/h7-10,13-14H,6,11-12H2,1-5H3,(H,27,29). The Hall–Kier alpha value is -3.68. The van der Waals surface area contributed by atoms with E-state index in [4.69, 9.17) is 13.6 Å². The van der Waals surface area contributed by atoms with E-state index >= 15 is 0 Å². The number of amides is 1. The summed E-state index contributed by atoms with van der Waals surface area (Å²) in [4.78, 5) is 41.1. The van der Waals surface area contributed by atoms with Gasteiger partial charge in [-0.3, -0.25) is 14.9 Å². The lowest BCUT2D eigenvalue weighted by Gasteiger charge is -2.06. The molecule has 0 atom stereocenters. The third kappa shape index (κ3) is 5.58. The van der Waals surface area contributed by atoms with E-state index in [-0.39, 0.29) is 48.0 Å². The van der Waals surface area contributed by atoms with Gasteiger partial charge in [0.1, 0.15) is 11.3 Å². The van der Waals surface area contributed by atoms with Crippen LogP contribution in [0.15, 0.2) is 39.3 Å². The number of nitrogens with one attached hydrogen (secondary N) is 1. The fourth-order valence-corrected chi connectivity index (χ4v) is 3.46. The zero-order valence-corrected chi connectivity index (χ0v) is 19.5. The number of esters is 1. The number of ketones is 1. The lowest BCUT2D eigenvalue weighted by molar-refractivity contribution is -0.116. The predicted molar refractivity (Wildman–Crippen MR) is 122 cm³/mol. The highest BCUT2D eigenvalue weighted by Crippen LogP contribution is 2.29. The molecule has 3 rings (SSSR count). The average molecular weight is 453 g/mol. The zero-order valence-electron chi connectivity index (χ0n) is 19.5. The molecule has 174 valence electrons. The number of anilines is 1. The number of hydrogen-bond acceptors (Lipinski definition) is 7. The molecular formula is C25H28N2O6. The third-order valence-electron chi connectivity index (χ3n) is 5.15. The van der Waals surface area contributed by atoms with Gasteiger partial charge in [-0.2, -0.15) is 0 Å². The summed E-state index contributed by atoms with van der Waals surface area (Å²) in [6.45, 7) is 8.92. The number of oxazole rings is 1. The van der Waals surface area contributed by atoms with E-state index in [9.17, 15) is 14.4 Å². The summed E-state index contributed by atoms with van der Waals surface area (Å²) in [5.41, 5.74) is 2.17. The summed E-state index contributed by atoms with van der Waals surface area (Å²) in [5.74, 6) is 0.129. The van der Waals surface area contributed by atoms with Crippen LogP contribution < -0.4 is 5.32 Å². The number of carbonyl (C=O) groups excluding carboxylic acids is 3. The molecule has 0 unspecified atom stereocenters. The normalized spacial score (nSPS) is 11.0. The smallest absolute Gasteiger partial charge is 0.344 e. The highest BCUT2D eigenvalue weighted by Gasteiger charge is 2.28. The zero-order chi connectivity index (χ0) is 24.1. The van der Waals surface area contributed by atoms with Crippen molar-refractivity contribution in [3.05, 3.63) is 58.8 Å². The number of aromatic nitrogens is 1. The van der Waals surface area contributed by atoms with E-state index in [1.165, 1.54) is 12.5 Å². The third-order valence-corrected chi connectivity index (χ3v) is 5.15. The second kappa shape index (κ2) is 10.3. The van der Waals surface area contributed by atoms with Crippen molar-refractivity contribution in [1.29, 1.82) is 0 Å². The molecule has 0 aliphatic carbocycles. The molecule has 33 heavy (non-hydrogen) atoms. The van der Waals surface area contributed by atoms with Crippen LogP contribution in [0.5, 0.6) is 0 Å². The van der Waals surface area contributed by atoms with Crippen LogP contribution in [0, 0.1) is 6.92 Å². The summed E-state index contributed by atoms with van der Waals surface area (Å²) in [5, 5.41) is 2.56. The topological polar surface area (TPSA) is 112 Å². The molecular weight excluding hydrogens is 424 g/mol. The number of Topliss-reactive ketones (excluding diaryl/α,β-unsaturated/α-hetero) is 1. The molecule has 0 saturated heterocycles. The Morgan fingerprint density at radius 1 is 1.09 bits per heavy atom. The number of nitrogens with zero attached hydrogens (tertiary/aromatic N) is 1. The number of hydrogen-bond donors (Lipinski definition) is 1. The van der Waals surface area contributed by atoms with Crippen LogP contribution in [0.1, 0.15) is 78.0 Å². The molecule has 0 aliphatic rings. The van der Waals surface area contributed by atoms with Crippen molar-refractivity contribution in [1.82, 2.24) is 4.98 Å². The molecule has 1 amide bonds. The van der Waals surface area contributed by atoms with Crippen molar-refractivity contribution >= 4 is 23.5 Å². The van der Waals surface area contributed by atoms with Crippen LogP contribution in [0.4, 0.5) is 5.88 Å². The minimum Gasteiger partial charge on any atom is -0.462 e. The Labute approximate surface area is 192 Å². The minimum absolute atomic E-state index is 0.0453. The Morgan fingerprint density at radius 2 is 1.79 bits per heavy atom. The summed E-state index contributed by atoms with van der Waals surface area (Å²) in [6.07, 6.45) is 1.93. The van der Waals surface area contributed by atoms with Gasteiger partial charge in [-0.15, -0.1) is 0 Å². The molecule has 3 aromatic rings. The van der Waals surface area contributed by atoms with Crippen molar-refractivity contribution in [2.45, 2.75) is 53.4 Å². The van der Waals surface area contributed by atoms with Gasteiger partial charge in [0.15, 0.2) is 17.4 Å². The highest BCUT2D eigenvalue weighted by atomic mass is 16.5. The van der Waals surface area contributed by atoms with Gasteiger partial charge in [-0.1, -0.05) is 38.1 Å². The van der Waals surface area contributed by atoms with E-state index in [0.717, 1.165) is 5.56 Å². The summed E-state index contributed by atoms with van der Waals surface area (Å²) >= 11 is 0. The maximum Gasteiger partial charge on any atom is 0.344 e. The Morgan fingerprint density at radius 3 is 2.39 bits per heavy atom. The lowest BCUT2D eigenvalue weighted by Crippen LogP contribution is -2.16. The summed E-state index contributed by atoms with van der Waals surface area (Å²) < 4.78 is 16.3. The van der Waals surface area contributed by atoms with Gasteiger partial charge < -0.3 is 13.6 Å². The van der Waals surface area contributed by atoms with Crippen molar-refractivity contribution in [2.75, 3.05) is 11.9 Å². The number of benzene rings is 1. The van der Waals surface area contributed by atoms with Crippen LogP contribution in [-0.2, 0) is 16.0 Å². The first kappa shape index (κ1) is 24.0. The average Bonchev–Trinajstić information content (AvgIpc) is 3.36. The van der Waals surface area contributed by atoms with Gasteiger partial charge in [0.2, 0.25) is 11.8 Å². The van der Waals surface area contributed by atoms with Crippen LogP contribution in [0.3, 0.4) is 0 Å². The Kier molecular flexibility index (Phi) is 7.48. The maximum atomic E-state index is 12.5. The monoisotopic (exact) mass is 452 g/mol. The number of ether oxygens (including phenoxy) is 1. The van der Waals surface area contributed by atoms with Crippen LogP contribution in [0.2, 0.25) is 0 Å². The molecule has 2 heterocycles. The SMILES string of the molecule is CCOC(=O)c1c(NC(=O)CCc2ncc(-c3ccc(C(C)C)cc3)o2)oc(C)c1C(C)=O. The fraction of sp³-hybridized carbons (Fsp3) is 0.360. The second-order valence-electron chi connectivity index (χ2n) is 7.96. The fourth-order valence-electron chi connectivity index (χ4n) is 3.46. The molecule has 0 bridgehead atoms. The van der Waals surface area contributed by atoms with Gasteiger partial charge in [-0.05, 0) is 32.3 Å². The molecule has 8 nitrogen and oxygen atoms in total. The van der Waals surface area contributed by atoms with Crippen LogP contribution in [0.25, 0.3) is 11.3 Å². The first-order chi connectivity index (χ1) is 15.7. The van der Waals surface area contributed by atoms with Crippen molar-refractivity contribution < 1.29 is 28.0 Å². The van der Waals surface area contributed by atoms with E-state index in [1.54, 1.807) is 20.0 Å². The first-order valence-corrected chi connectivity index (χ1v) is 10.9. The van der Waals surface area contributed by atoms with Gasteiger partial charge in [-0.25, -0.2) is 9.78 Å². The molecule has 1 aromatic carbocycles. The maximum absolute atomic E-state index is 12.5. The number of aryl methyl sites for hydroxylation is 2. The van der Waals surface area contributed by atoms with E-state index in [1.807, 2.05) is 12.1 Å². The largest absolute Gasteiger partial charge is 0.462 e. The van der Waals surface area contributed by atoms with E-state index in [0.29, 0.717) is 17.6 Å². The quantitative estimate of drug-likeness (QED) is 0.345. The summed E-state index contributed by atoms with van der Waals surface area (Å²) in [7, 11) is 0. The van der Waals surface area contributed by atoms with E-state index < -0.39 is 11.9 Å². The van der Waals surface area contributed by atoms with Gasteiger partial charge in [0.25, 0.3) is 0 Å². The lowest BCUT2D eigenvalue weighted by atomic mass is 10.0. The molecule has 0 aliphatic heterocycles.